The number of hydrogen-bond donors (Lipinski definition) is 3. The van der Waals surface area contributed by atoms with Gasteiger partial charge in [-0.05, 0) is 25.2 Å². The summed E-state index contributed by atoms with van der Waals surface area (Å²) < 4.78 is 4.77. The molecule has 1 aliphatic carbocycles. The zero-order valence-corrected chi connectivity index (χ0v) is 12.3. The number of carbonyl (C=O) groups is 2. The summed E-state index contributed by atoms with van der Waals surface area (Å²) in [6.07, 6.45) is 3.90. The molecule has 0 radical (unpaired) electrons. The van der Waals surface area contributed by atoms with Crippen molar-refractivity contribution in [2.75, 3.05) is 7.11 Å². The van der Waals surface area contributed by atoms with Crippen molar-refractivity contribution < 1.29 is 19.4 Å². The van der Waals surface area contributed by atoms with E-state index >= 15 is 0 Å². The Balaban J connectivity index is 3.03. The first-order valence-corrected chi connectivity index (χ1v) is 6.86. The van der Waals surface area contributed by atoms with Gasteiger partial charge in [-0.25, -0.2) is 4.79 Å². The van der Waals surface area contributed by atoms with Crippen LogP contribution in [0.25, 0.3) is 0 Å². The topological polar surface area (TPSA) is 102 Å². The van der Waals surface area contributed by atoms with Gasteiger partial charge < -0.3 is 20.9 Å². The minimum Gasteiger partial charge on any atom is -0.467 e. The quantitative estimate of drug-likeness (QED) is 0.502. The van der Waals surface area contributed by atoms with Crippen LogP contribution in [0.5, 0.6) is 0 Å². The van der Waals surface area contributed by atoms with Gasteiger partial charge in [0, 0.05) is 0 Å². The second-order valence-corrected chi connectivity index (χ2v) is 5.49. The average molecular weight is 284 g/mol. The minimum absolute atomic E-state index is 0.0665. The highest BCUT2D eigenvalue weighted by Crippen LogP contribution is 2.25. The molecular formula is C14H24N2O4. The molecular weight excluding hydrogens is 260 g/mol. The van der Waals surface area contributed by atoms with Crippen LogP contribution in [0.2, 0.25) is 0 Å². The summed E-state index contributed by atoms with van der Waals surface area (Å²) in [5, 5.41) is 12.8. The molecule has 6 heteroatoms. The predicted molar refractivity (Wildman–Crippen MR) is 74.7 cm³/mol. The second-order valence-electron chi connectivity index (χ2n) is 5.49. The van der Waals surface area contributed by atoms with Crippen LogP contribution in [0.15, 0.2) is 12.2 Å². The van der Waals surface area contributed by atoms with Crippen molar-refractivity contribution in [1.82, 2.24) is 5.32 Å². The molecule has 1 rings (SSSR count). The molecule has 0 bridgehead atoms. The van der Waals surface area contributed by atoms with Crippen LogP contribution in [0.3, 0.4) is 0 Å². The van der Waals surface area contributed by atoms with Gasteiger partial charge in [0.25, 0.3) is 0 Å². The van der Waals surface area contributed by atoms with Crippen molar-refractivity contribution in [3.05, 3.63) is 12.2 Å². The fourth-order valence-electron chi connectivity index (χ4n) is 2.23. The highest BCUT2D eigenvalue weighted by atomic mass is 16.5. The zero-order chi connectivity index (χ0) is 15.3. The number of rotatable bonds is 4. The van der Waals surface area contributed by atoms with Crippen LogP contribution in [0.1, 0.15) is 33.1 Å². The van der Waals surface area contributed by atoms with Gasteiger partial charge in [-0.1, -0.05) is 26.0 Å². The molecule has 0 aromatic rings. The Labute approximate surface area is 119 Å². The van der Waals surface area contributed by atoms with Gasteiger partial charge in [-0.3, -0.25) is 4.79 Å². The molecule has 114 valence electrons. The molecule has 0 saturated heterocycles. The zero-order valence-electron chi connectivity index (χ0n) is 12.3. The number of nitrogens with one attached hydrogen (secondary N) is 1. The third kappa shape index (κ3) is 3.37. The molecule has 0 aromatic heterocycles. The number of esters is 1. The van der Waals surface area contributed by atoms with E-state index in [0.717, 1.165) is 6.42 Å². The summed E-state index contributed by atoms with van der Waals surface area (Å²) in [5.41, 5.74) is 4.35. The number of aliphatic hydroxyl groups is 1. The highest BCUT2D eigenvalue weighted by Gasteiger charge is 2.47. The Morgan fingerprint density at radius 1 is 1.50 bits per heavy atom. The number of nitrogens with two attached hydrogens (primary N) is 1. The van der Waals surface area contributed by atoms with Crippen molar-refractivity contribution in [1.29, 1.82) is 0 Å². The van der Waals surface area contributed by atoms with Crippen LogP contribution < -0.4 is 11.1 Å². The van der Waals surface area contributed by atoms with Gasteiger partial charge >= 0.3 is 5.97 Å². The summed E-state index contributed by atoms with van der Waals surface area (Å²) in [7, 11) is 1.24. The first-order valence-electron chi connectivity index (χ1n) is 6.86. The lowest BCUT2D eigenvalue weighted by Gasteiger charge is -2.35. The van der Waals surface area contributed by atoms with E-state index in [0.29, 0.717) is 12.8 Å². The Hall–Kier alpha value is -1.40. The summed E-state index contributed by atoms with van der Waals surface area (Å²) in [6.45, 7) is 3.64. The Bertz CT molecular complexity index is 395. The molecule has 0 saturated carbocycles. The smallest absolute Gasteiger partial charge is 0.334 e. The van der Waals surface area contributed by atoms with Crippen molar-refractivity contribution in [3.63, 3.8) is 0 Å². The van der Waals surface area contributed by atoms with Crippen molar-refractivity contribution >= 4 is 11.9 Å². The first-order chi connectivity index (χ1) is 9.35. The van der Waals surface area contributed by atoms with E-state index in [1.807, 2.05) is 13.8 Å². The number of amides is 1. The van der Waals surface area contributed by atoms with E-state index in [2.05, 4.69) is 5.32 Å². The SMILES string of the molecule is COC(=O)[C@@]1(NC(=O)C(N)C(C)C)CCCC=CC1O. The van der Waals surface area contributed by atoms with E-state index < -0.39 is 29.6 Å². The lowest BCUT2D eigenvalue weighted by molar-refractivity contribution is -0.156. The first kappa shape index (κ1) is 16.7. The molecule has 0 aliphatic heterocycles. The summed E-state index contributed by atoms with van der Waals surface area (Å²) in [6, 6.07) is -0.740. The third-order valence-corrected chi connectivity index (χ3v) is 3.68. The van der Waals surface area contributed by atoms with Gasteiger partial charge in [0.1, 0.15) is 6.10 Å². The number of allylic oxidation sites excluding steroid dienone is 1. The molecule has 0 aromatic carbocycles. The number of aliphatic hydroxyl groups excluding tert-OH is 1. The summed E-state index contributed by atoms with van der Waals surface area (Å²) in [5.74, 6) is -1.18. The molecule has 3 atom stereocenters. The van der Waals surface area contributed by atoms with Crippen LogP contribution in [0, 0.1) is 5.92 Å². The molecule has 6 nitrogen and oxygen atoms in total. The molecule has 20 heavy (non-hydrogen) atoms. The van der Waals surface area contributed by atoms with Crippen molar-refractivity contribution in [3.8, 4) is 0 Å². The van der Waals surface area contributed by atoms with E-state index in [9.17, 15) is 14.7 Å². The molecule has 1 aliphatic rings. The normalized spacial score (nSPS) is 27.8. The maximum Gasteiger partial charge on any atom is 0.334 e. The van der Waals surface area contributed by atoms with Crippen LogP contribution in [0.4, 0.5) is 0 Å². The van der Waals surface area contributed by atoms with Gasteiger partial charge in [0.2, 0.25) is 5.91 Å². The van der Waals surface area contributed by atoms with Crippen LogP contribution in [-0.4, -0.2) is 41.8 Å². The van der Waals surface area contributed by atoms with Crippen LogP contribution >= 0.6 is 0 Å². The summed E-state index contributed by atoms with van der Waals surface area (Å²) >= 11 is 0. The second kappa shape index (κ2) is 6.85. The molecule has 0 spiro atoms. The molecule has 4 N–H and O–H groups in total. The fraction of sp³-hybridized carbons (Fsp3) is 0.714. The number of hydrogen-bond acceptors (Lipinski definition) is 5. The fourth-order valence-corrected chi connectivity index (χ4v) is 2.23. The average Bonchev–Trinajstić information content (AvgIpc) is 2.60. The number of carbonyl (C=O) groups excluding carboxylic acids is 2. The summed E-state index contributed by atoms with van der Waals surface area (Å²) in [4.78, 5) is 24.3. The van der Waals surface area contributed by atoms with Gasteiger partial charge in [0.15, 0.2) is 5.54 Å². The number of methoxy groups -OCH3 is 1. The van der Waals surface area contributed by atoms with Gasteiger partial charge in [0.05, 0.1) is 13.2 Å². The van der Waals surface area contributed by atoms with Crippen molar-refractivity contribution in [2.45, 2.75) is 50.8 Å². The van der Waals surface area contributed by atoms with Gasteiger partial charge in [-0.15, -0.1) is 0 Å². The van der Waals surface area contributed by atoms with Crippen molar-refractivity contribution in [2.24, 2.45) is 11.7 Å². The standard InChI is InChI=1S/C14H24N2O4/c1-9(2)11(15)12(18)16-14(13(19)20-3)8-6-4-5-7-10(14)17/h5,7,9-11,17H,4,6,8,15H2,1-3H3,(H,16,18)/t10?,11?,14-/m1/s1. The van der Waals surface area contributed by atoms with Crippen LogP contribution in [-0.2, 0) is 14.3 Å². The van der Waals surface area contributed by atoms with E-state index in [1.54, 1.807) is 6.08 Å². The highest BCUT2D eigenvalue weighted by molar-refractivity contribution is 5.91. The van der Waals surface area contributed by atoms with E-state index in [4.69, 9.17) is 10.5 Å². The number of ether oxygens (including phenoxy) is 1. The van der Waals surface area contributed by atoms with Gasteiger partial charge in [-0.2, -0.15) is 0 Å². The largest absolute Gasteiger partial charge is 0.467 e. The Morgan fingerprint density at radius 2 is 2.15 bits per heavy atom. The predicted octanol–water partition coefficient (Wildman–Crippen LogP) is 0.0987. The lowest BCUT2D eigenvalue weighted by Crippen LogP contribution is -2.64. The molecule has 0 heterocycles. The molecule has 1 amide bonds. The third-order valence-electron chi connectivity index (χ3n) is 3.68. The maximum absolute atomic E-state index is 12.2. The lowest BCUT2D eigenvalue weighted by atomic mass is 9.87. The van der Waals surface area contributed by atoms with E-state index in [1.165, 1.54) is 13.2 Å². The maximum atomic E-state index is 12.2. The Kier molecular flexibility index (Phi) is 5.71. The molecule has 2 unspecified atom stereocenters. The van der Waals surface area contributed by atoms with E-state index in [-0.39, 0.29) is 5.92 Å². The monoisotopic (exact) mass is 284 g/mol. The minimum atomic E-state index is -1.45. The molecule has 0 fully saturated rings. The Morgan fingerprint density at radius 3 is 2.70 bits per heavy atom.